The van der Waals surface area contributed by atoms with Crippen molar-refractivity contribution in [2.75, 3.05) is 0 Å². The minimum atomic E-state index is -0.171. The summed E-state index contributed by atoms with van der Waals surface area (Å²) in [6, 6.07) is 3.79. The lowest BCUT2D eigenvalue weighted by atomic mass is 10.3. The Morgan fingerprint density at radius 2 is 2.38 bits per heavy atom. The van der Waals surface area contributed by atoms with Gasteiger partial charge in [-0.25, -0.2) is 5.43 Å². The van der Waals surface area contributed by atoms with Gasteiger partial charge in [-0.05, 0) is 29.8 Å². The average Bonchev–Trinajstić information content (AvgIpc) is 2.89. The lowest BCUT2D eigenvalue weighted by Crippen LogP contribution is -2.16. The van der Waals surface area contributed by atoms with Crippen molar-refractivity contribution in [3.05, 3.63) is 44.3 Å². The van der Waals surface area contributed by atoms with Gasteiger partial charge in [0.25, 0.3) is 5.91 Å². The van der Waals surface area contributed by atoms with E-state index in [2.05, 4.69) is 10.5 Å². The van der Waals surface area contributed by atoms with Crippen molar-refractivity contribution in [1.82, 2.24) is 5.43 Å². The molecule has 0 spiro atoms. The van der Waals surface area contributed by atoms with Crippen molar-refractivity contribution in [3.8, 4) is 0 Å². The van der Waals surface area contributed by atoms with Gasteiger partial charge < -0.3 is 0 Å². The van der Waals surface area contributed by atoms with Crippen molar-refractivity contribution in [2.45, 2.75) is 6.92 Å². The Morgan fingerprint density at radius 3 is 3.00 bits per heavy atom. The number of nitrogens with one attached hydrogen (secondary N) is 1. The first-order valence-corrected chi connectivity index (χ1v) is 6.49. The molecule has 1 N–H and O–H groups in total. The molecule has 2 rings (SSSR count). The maximum absolute atomic E-state index is 11.6. The van der Waals surface area contributed by atoms with E-state index in [-0.39, 0.29) is 5.91 Å². The molecule has 0 aliphatic rings. The molecule has 0 aromatic carbocycles. The van der Waals surface area contributed by atoms with Gasteiger partial charge in [0.05, 0.1) is 11.8 Å². The molecule has 0 radical (unpaired) electrons. The van der Waals surface area contributed by atoms with Gasteiger partial charge >= 0.3 is 0 Å². The van der Waals surface area contributed by atoms with Gasteiger partial charge in [0.15, 0.2) is 0 Å². The van der Waals surface area contributed by atoms with Crippen LogP contribution in [0.1, 0.15) is 20.8 Å². The van der Waals surface area contributed by atoms with Gasteiger partial charge in [-0.3, -0.25) is 4.79 Å². The van der Waals surface area contributed by atoms with Crippen molar-refractivity contribution in [2.24, 2.45) is 5.10 Å². The highest BCUT2D eigenvalue weighted by Crippen LogP contribution is 2.12. The van der Waals surface area contributed by atoms with E-state index in [1.54, 1.807) is 28.9 Å². The standard InChI is InChI=1S/C11H10N2OS2/c1-8-4-10(7-16-8)11(14)13-12-5-9-2-3-15-6-9/h2-7H,1H3,(H,13,14)/b12-5+. The van der Waals surface area contributed by atoms with Crippen LogP contribution in [0, 0.1) is 6.92 Å². The van der Waals surface area contributed by atoms with Crippen LogP contribution in [0.2, 0.25) is 0 Å². The summed E-state index contributed by atoms with van der Waals surface area (Å²) in [5, 5.41) is 9.64. The first kappa shape index (κ1) is 11.0. The zero-order chi connectivity index (χ0) is 11.4. The van der Waals surface area contributed by atoms with Gasteiger partial charge in [0.1, 0.15) is 0 Å². The third kappa shape index (κ3) is 2.77. The van der Waals surface area contributed by atoms with Crippen molar-refractivity contribution in [3.63, 3.8) is 0 Å². The second-order valence-corrected chi connectivity index (χ2v) is 5.10. The second kappa shape index (κ2) is 5.05. The SMILES string of the molecule is Cc1cc(C(=O)N/N=C/c2ccsc2)cs1. The monoisotopic (exact) mass is 250 g/mol. The number of aryl methyl sites for hydroxylation is 1. The maximum Gasteiger partial charge on any atom is 0.272 e. The fourth-order valence-electron chi connectivity index (χ4n) is 1.14. The van der Waals surface area contributed by atoms with E-state index in [0.717, 1.165) is 10.4 Å². The lowest BCUT2D eigenvalue weighted by Gasteiger charge is -1.94. The van der Waals surface area contributed by atoms with Crippen LogP contribution in [0.25, 0.3) is 0 Å². The average molecular weight is 250 g/mol. The minimum Gasteiger partial charge on any atom is -0.267 e. The van der Waals surface area contributed by atoms with Gasteiger partial charge in [-0.2, -0.15) is 16.4 Å². The molecule has 2 heterocycles. The molecule has 2 aromatic heterocycles. The van der Waals surface area contributed by atoms with Crippen LogP contribution in [-0.2, 0) is 0 Å². The molecule has 0 saturated heterocycles. The number of thiophene rings is 2. The first-order chi connectivity index (χ1) is 7.75. The molecule has 0 aliphatic heterocycles. The molecule has 1 amide bonds. The number of carbonyl (C=O) groups is 1. The van der Waals surface area contributed by atoms with E-state index in [4.69, 9.17) is 0 Å². The highest BCUT2D eigenvalue weighted by Gasteiger charge is 2.05. The van der Waals surface area contributed by atoms with Crippen LogP contribution >= 0.6 is 22.7 Å². The molecular weight excluding hydrogens is 240 g/mol. The summed E-state index contributed by atoms with van der Waals surface area (Å²) >= 11 is 3.15. The van der Waals surface area contributed by atoms with Crippen molar-refractivity contribution in [1.29, 1.82) is 0 Å². The summed E-state index contributed by atoms with van der Waals surface area (Å²) < 4.78 is 0. The highest BCUT2D eigenvalue weighted by atomic mass is 32.1. The highest BCUT2D eigenvalue weighted by molar-refractivity contribution is 7.10. The third-order valence-electron chi connectivity index (χ3n) is 1.92. The zero-order valence-corrected chi connectivity index (χ0v) is 10.3. The van der Waals surface area contributed by atoms with Crippen LogP contribution in [0.3, 0.4) is 0 Å². The fourth-order valence-corrected chi connectivity index (χ4v) is 2.43. The normalized spacial score (nSPS) is 10.8. The van der Waals surface area contributed by atoms with Crippen LogP contribution < -0.4 is 5.43 Å². The molecule has 0 bridgehead atoms. The number of amides is 1. The van der Waals surface area contributed by atoms with Gasteiger partial charge in [0, 0.05) is 15.8 Å². The minimum absolute atomic E-state index is 0.171. The largest absolute Gasteiger partial charge is 0.272 e. The van der Waals surface area contributed by atoms with E-state index in [1.807, 2.05) is 35.2 Å². The molecule has 0 fully saturated rings. The predicted molar refractivity (Wildman–Crippen MR) is 68.4 cm³/mol. The molecule has 82 valence electrons. The van der Waals surface area contributed by atoms with E-state index >= 15 is 0 Å². The number of carbonyl (C=O) groups excluding carboxylic acids is 1. The summed E-state index contributed by atoms with van der Waals surface area (Å²) in [6.07, 6.45) is 1.63. The number of hydrogen-bond donors (Lipinski definition) is 1. The van der Waals surface area contributed by atoms with E-state index < -0.39 is 0 Å². The van der Waals surface area contributed by atoms with Crippen molar-refractivity contribution >= 4 is 34.8 Å². The molecule has 5 heteroatoms. The summed E-state index contributed by atoms with van der Waals surface area (Å²) in [5.41, 5.74) is 4.14. The summed E-state index contributed by atoms with van der Waals surface area (Å²) in [5.74, 6) is -0.171. The Balaban J connectivity index is 1.94. The smallest absolute Gasteiger partial charge is 0.267 e. The second-order valence-electron chi connectivity index (χ2n) is 3.20. The predicted octanol–water partition coefficient (Wildman–Crippen LogP) is 2.88. The number of nitrogens with zero attached hydrogens (tertiary/aromatic N) is 1. The Labute approximate surface area is 101 Å². The summed E-state index contributed by atoms with van der Waals surface area (Å²) in [7, 11) is 0. The zero-order valence-electron chi connectivity index (χ0n) is 8.64. The van der Waals surface area contributed by atoms with Gasteiger partial charge in [0.2, 0.25) is 0 Å². The van der Waals surface area contributed by atoms with E-state index in [1.165, 1.54) is 0 Å². The molecular formula is C11H10N2OS2. The number of rotatable bonds is 3. The molecule has 2 aromatic rings. The van der Waals surface area contributed by atoms with Crippen LogP contribution in [0.4, 0.5) is 0 Å². The van der Waals surface area contributed by atoms with Crippen LogP contribution in [0.5, 0.6) is 0 Å². The quantitative estimate of drug-likeness (QED) is 0.660. The Hall–Kier alpha value is -1.46. The number of hydrogen-bond acceptors (Lipinski definition) is 4. The fraction of sp³-hybridized carbons (Fsp3) is 0.0909. The molecule has 16 heavy (non-hydrogen) atoms. The third-order valence-corrected chi connectivity index (χ3v) is 3.48. The van der Waals surface area contributed by atoms with Gasteiger partial charge in [-0.1, -0.05) is 0 Å². The van der Waals surface area contributed by atoms with E-state index in [0.29, 0.717) is 5.56 Å². The lowest BCUT2D eigenvalue weighted by molar-refractivity contribution is 0.0955. The summed E-state index contributed by atoms with van der Waals surface area (Å²) in [4.78, 5) is 12.7. The Bertz CT molecular complexity index is 500. The molecule has 0 atom stereocenters. The van der Waals surface area contributed by atoms with Gasteiger partial charge in [-0.15, -0.1) is 11.3 Å². The molecule has 0 unspecified atom stereocenters. The Kier molecular flexibility index (Phi) is 3.48. The topological polar surface area (TPSA) is 41.5 Å². The Morgan fingerprint density at radius 1 is 1.50 bits per heavy atom. The molecule has 0 aliphatic carbocycles. The van der Waals surface area contributed by atoms with Crippen LogP contribution in [0.15, 0.2) is 33.4 Å². The summed E-state index contributed by atoms with van der Waals surface area (Å²) in [6.45, 7) is 1.97. The maximum atomic E-state index is 11.6. The first-order valence-electron chi connectivity index (χ1n) is 4.66. The van der Waals surface area contributed by atoms with E-state index in [9.17, 15) is 4.79 Å². The molecule has 0 saturated carbocycles. The molecule has 3 nitrogen and oxygen atoms in total. The van der Waals surface area contributed by atoms with Crippen molar-refractivity contribution < 1.29 is 4.79 Å². The number of hydrazone groups is 1. The van der Waals surface area contributed by atoms with Crippen LogP contribution in [-0.4, -0.2) is 12.1 Å².